The highest BCUT2D eigenvalue weighted by Gasteiger charge is 2.30. The van der Waals surface area contributed by atoms with Gasteiger partial charge in [-0.25, -0.2) is 0 Å². The van der Waals surface area contributed by atoms with Crippen LogP contribution in [0.4, 0.5) is 0 Å². The normalized spacial score (nSPS) is 23.9. The molecule has 2 atom stereocenters. The van der Waals surface area contributed by atoms with Crippen LogP contribution in [-0.2, 0) is 16.0 Å². The van der Waals surface area contributed by atoms with Gasteiger partial charge in [0.25, 0.3) is 0 Å². The summed E-state index contributed by atoms with van der Waals surface area (Å²) in [5.74, 6) is 0.195. The van der Waals surface area contributed by atoms with Crippen LogP contribution in [0.15, 0.2) is 18.2 Å². The Balaban J connectivity index is 2.07. The van der Waals surface area contributed by atoms with Gasteiger partial charge in [0.1, 0.15) is 5.78 Å². The molecule has 0 amide bonds. The minimum absolute atomic E-state index is 0.00162. The van der Waals surface area contributed by atoms with Crippen LogP contribution in [0.5, 0.6) is 0 Å². The number of Topliss-reactive ketones (excluding diaryl/α,β-unsaturated/α-hetero) is 1. The number of halogens is 2. The molecule has 0 N–H and O–H groups in total. The quantitative estimate of drug-likeness (QED) is 0.842. The first-order valence-corrected chi connectivity index (χ1v) is 6.42. The molecule has 2 rings (SSSR count). The highest BCUT2D eigenvalue weighted by molar-refractivity contribution is 6.35. The van der Waals surface area contributed by atoms with Gasteiger partial charge in [0, 0.05) is 29.0 Å². The van der Waals surface area contributed by atoms with Crippen LogP contribution in [0, 0.1) is 5.92 Å². The maximum absolute atomic E-state index is 12.1. The van der Waals surface area contributed by atoms with Gasteiger partial charge in [-0.15, -0.1) is 0 Å². The number of carbonyl (C=O) groups excluding carboxylic acids is 1. The van der Waals surface area contributed by atoms with Crippen molar-refractivity contribution < 1.29 is 9.53 Å². The average molecular weight is 273 g/mol. The number of ether oxygens (including phenoxy) is 1. The molecular weight excluding hydrogens is 259 g/mol. The van der Waals surface area contributed by atoms with Gasteiger partial charge in [-0.3, -0.25) is 4.79 Å². The van der Waals surface area contributed by atoms with E-state index in [1.165, 1.54) is 0 Å². The van der Waals surface area contributed by atoms with Crippen LogP contribution in [-0.4, -0.2) is 18.5 Å². The summed E-state index contributed by atoms with van der Waals surface area (Å²) >= 11 is 11.9. The van der Waals surface area contributed by atoms with Crippen molar-refractivity contribution in [2.45, 2.75) is 25.9 Å². The molecule has 1 aromatic carbocycles. The largest absolute Gasteiger partial charge is 0.378 e. The molecule has 92 valence electrons. The Morgan fingerprint density at radius 1 is 1.47 bits per heavy atom. The molecule has 0 radical (unpaired) electrons. The molecular formula is C13H14Cl2O2. The van der Waals surface area contributed by atoms with Crippen LogP contribution in [0.2, 0.25) is 10.0 Å². The Hall–Kier alpha value is -0.570. The van der Waals surface area contributed by atoms with E-state index >= 15 is 0 Å². The zero-order chi connectivity index (χ0) is 12.4. The van der Waals surface area contributed by atoms with Gasteiger partial charge in [0.15, 0.2) is 0 Å². The monoisotopic (exact) mass is 272 g/mol. The summed E-state index contributed by atoms with van der Waals surface area (Å²) < 4.78 is 5.40. The van der Waals surface area contributed by atoms with E-state index in [1.807, 2.05) is 13.0 Å². The Morgan fingerprint density at radius 3 is 2.82 bits per heavy atom. The Labute approximate surface area is 111 Å². The summed E-state index contributed by atoms with van der Waals surface area (Å²) in [6.07, 6.45) is 1.19. The van der Waals surface area contributed by atoms with Gasteiger partial charge >= 0.3 is 0 Å². The zero-order valence-corrected chi connectivity index (χ0v) is 11.1. The number of hydrogen-bond donors (Lipinski definition) is 0. The number of benzene rings is 1. The van der Waals surface area contributed by atoms with Crippen molar-refractivity contribution in [2.75, 3.05) is 6.61 Å². The third-order valence-corrected chi connectivity index (χ3v) is 3.76. The van der Waals surface area contributed by atoms with Crippen molar-refractivity contribution in [3.63, 3.8) is 0 Å². The zero-order valence-electron chi connectivity index (χ0n) is 9.58. The van der Waals surface area contributed by atoms with E-state index in [0.717, 1.165) is 12.0 Å². The third-order valence-electron chi connectivity index (χ3n) is 3.17. The molecule has 0 aromatic heterocycles. The molecule has 1 fully saturated rings. The van der Waals surface area contributed by atoms with E-state index in [1.54, 1.807) is 12.1 Å². The van der Waals surface area contributed by atoms with E-state index in [9.17, 15) is 4.79 Å². The average Bonchev–Trinajstić information content (AvgIpc) is 2.68. The van der Waals surface area contributed by atoms with E-state index in [-0.39, 0.29) is 17.8 Å². The maximum Gasteiger partial charge on any atom is 0.143 e. The molecule has 0 spiro atoms. The predicted molar refractivity (Wildman–Crippen MR) is 68.7 cm³/mol. The summed E-state index contributed by atoms with van der Waals surface area (Å²) in [5, 5.41) is 1.14. The van der Waals surface area contributed by atoms with E-state index < -0.39 is 0 Å². The Kier molecular flexibility index (Phi) is 4.08. The third kappa shape index (κ3) is 3.01. The van der Waals surface area contributed by atoms with Crippen LogP contribution in [0.1, 0.15) is 18.9 Å². The van der Waals surface area contributed by atoms with Crippen LogP contribution < -0.4 is 0 Å². The second-order valence-corrected chi connectivity index (χ2v) is 5.19. The minimum atomic E-state index is 0.00162. The van der Waals surface area contributed by atoms with Gasteiger partial charge in [0.05, 0.1) is 6.10 Å². The summed E-state index contributed by atoms with van der Waals surface area (Å²) in [4.78, 5) is 12.1. The smallest absolute Gasteiger partial charge is 0.143 e. The predicted octanol–water partition coefficient (Wildman–Crippen LogP) is 3.53. The molecule has 0 bridgehead atoms. The fraction of sp³-hybridized carbons (Fsp3) is 0.462. The summed E-state index contributed by atoms with van der Waals surface area (Å²) in [6.45, 7) is 2.62. The van der Waals surface area contributed by atoms with Gasteiger partial charge in [-0.2, -0.15) is 0 Å². The molecule has 2 nitrogen and oxygen atoms in total. The van der Waals surface area contributed by atoms with Gasteiger partial charge in [0.2, 0.25) is 0 Å². The Morgan fingerprint density at radius 2 is 2.24 bits per heavy atom. The van der Waals surface area contributed by atoms with Crippen molar-refractivity contribution in [3.8, 4) is 0 Å². The number of hydrogen-bond acceptors (Lipinski definition) is 2. The fourth-order valence-electron chi connectivity index (χ4n) is 2.14. The first-order chi connectivity index (χ1) is 8.08. The maximum atomic E-state index is 12.1. The van der Waals surface area contributed by atoms with Gasteiger partial charge in [-0.05, 0) is 31.0 Å². The molecule has 17 heavy (non-hydrogen) atoms. The van der Waals surface area contributed by atoms with Gasteiger partial charge in [-0.1, -0.05) is 29.3 Å². The summed E-state index contributed by atoms with van der Waals surface area (Å²) in [6, 6.07) is 5.23. The number of rotatable bonds is 3. The van der Waals surface area contributed by atoms with Crippen LogP contribution in [0.25, 0.3) is 0 Å². The molecule has 4 heteroatoms. The van der Waals surface area contributed by atoms with Crippen molar-refractivity contribution in [2.24, 2.45) is 5.92 Å². The first-order valence-electron chi connectivity index (χ1n) is 5.66. The Bertz CT molecular complexity index is 431. The molecule has 2 unspecified atom stereocenters. The van der Waals surface area contributed by atoms with Crippen LogP contribution in [0.3, 0.4) is 0 Å². The lowest BCUT2D eigenvalue weighted by molar-refractivity contribution is -0.123. The summed E-state index contributed by atoms with van der Waals surface area (Å²) in [5.41, 5.74) is 0.833. The SMILES string of the molecule is CC1OCCC1C(=O)Cc1ccc(Cl)cc1Cl. The van der Waals surface area contributed by atoms with Crippen LogP contribution >= 0.6 is 23.2 Å². The minimum Gasteiger partial charge on any atom is -0.378 e. The number of ketones is 1. The van der Waals surface area contributed by atoms with E-state index in [4.69, 9.17) is 27.9 Å². The number of carbonyl (C=O) groups is 1. The first kappa shape index (κ1) is 12.9. The van der Waals surface area contributed by atoms with Crippen molar-refractivity contribution >= 4 is 29.0 Å². The molecule has 0 aliphatic carbocycles. The molecule has 1 aromatic rings. The van der Waals surface area contributed by atoms with E-state index in [0.29, 0.717) is 23.1 Å². The van der Waals surface area contributed by atoms with Crippen molar-refractivity contribution in [1.82, 2.24) is 0 Å². The lowest BCUT2D eigenvalue weighted by atomic mass is 9.93. The molecule has 1 saturated heterocycles. The van der Waals surface area contributed by atoms with Gasteiger partial charge < -0.3 is 4.74 Å². The van der Waals surface area contributed by atoms with Crippen molar-refractivity contribution in [3.05, 3.63) is 33.8 Å². The second kappa shape index (κ2) is 5.38. The molecule has 1 heterocycles. The lowest BCUT2D eigenvalue weighted by Gasteiger charge is -2.13. The topological polar surface area (TPSA) is 26.3 Å². The highest BCUT2D eigenvalue weighted by atomic mass is 35.5. The molecule has 1 aliphatic rings. The van der Waals surface area contributed by atoms with E-state index in [2.05, 4.69) is 0 Å². The highest BCUT2D eigenvalue weighted by Crippen LogP contribution is 2.26. The molecule has 0 saturated carbocycles. The summed E-state index contributed by atoms with van der Waals surface area (Å²) in [7, 11) is 0. The fourth-order valence-corrected chi connectivity index (χ4v) is 2.61. The van der Waals surface area contributed by atoms with Crippen molar-refractivity contribution in [1.29, 1.82) is 0 Å². The second-order valence-electron chi connectivity index (χ2n) is 4.35. The lowest BCUT2D eigenvalue weighted by Crippen LogP contribution is -2.23. The molecule has 1 aliphatic heterocycles. The standard InChI is InChI=1S/C13H14Cl2O2/c1-8-11(4-5-17-8)13(16)6-9-2-3-10(14)7-12(9)15/h2-3,7-8,11H,4-6H2,1H3.